The molecular weight excluding hydrogens is 416 g/mol. The van der Waals surface area contributed by atoms with Crippen molar-refractivity contribution in [2.24, 2.45) is 0 Å². The number of aromatic nitrogens is 1. The van der Waals surface area contributed by atoms with Gasteiger partial charge in [-0.1, -0.05) is 49.3 Å². The molecule has 1 aromatic carbocycles. The molecule has 0 aliphatic heterocycles. The van der Waals surface area contributed by atoms with E-state index < -0.39 is 5.38 Å². The number of hydrogen-bond donors (Lipinski definition) is 1. The van der Waals surface area contributed by atoms with Gasteiger partial charge in [-0.3, -0.25) is 9.59 Å². The second-order valence-corrected chi connectivity index (χ2v) is 8.06. The molecule has 0 radical (unpaired) electrons. The SMILES string of the molecule is CCN(CC)CCCC(C)N(CC(=O)Nc1cc(C)on1)C(=O)C(Cl)c1ccccc1. The van der Waals surface area contributed by atoms with Crippen LogP contribution in [0.25, 0.3) is 0 Å². The summed E-state index contributed by atoms with van der Waals surface area (Å²) in [6, 6.07) is 10.7. The number of carbonyl (C=O) groups is 2. The van der Waals surface area contributed by atoms with Crippen molar-refractivity contribution >= 4 is 29.2 Å². The summed E-state index contributed by atoms with van der Waals surface area (Å²) in [6.07, 6.45) is 1.70. The molecule has 0 saturated heterocycles. The van der Waals surface area contributed by atoms with Crippen LogP contribution in [0.1, 0.15) is 50.3 Å². The molecule has 2 unspecified atom stereocenters. The third-order valence-corrected chi connectivity index (χ3v) is 5.76. The van der Waals surface area contributed by atoms with Gasteiger partial charge in [0.25, 0.3) is 0 Å². The fourth-order valence-electron chi connectivity index (χ4n) is 3.43. The Balaban J connectivity index is 2.09. The lowest BCUT2D eigenvalue weighted by atomic mass is 10.1. The van der Waals surface area contributed by atoms with Crippen molar-refractivity contribution in [3.63, 3.8) is 0 Å². The molecule has 2 rings (SSSR count). The maximum Gasteiger partial charge on any atom is 0.245 e. The molecule has 0 saturated carbocycles. The molecule has 0 spiro atoms. The minimum atomic E-state index is -0.853. The fraction of sp³-hybridized carbons (Fsp3) is 0.522. The molecule has 31 heavy (non-hydrogen) atoms. The number of amides is 2. The van der Waals surface area contributed by atoms with Crippen LogP contribution in [0.3, 0.4) is 0 Å². The highest BCUT2D eigenvalue weighted by atomic mass is 35.5. The summed E-state index contributed by atoms with van der Waals surface area (Å²) in [5.74, 6) is 0.302. The molecule has 7 nitrogen and oxygen atoms in total. The molecule has 2 atom stereocenters. The van der Waals surface area contributed by atoms with Crippen LogP contribution in [0, 0.1) is 6.92 Å². The summed E-state index contributed by atoms with van der Waals surface area (Å²) in [5.41, 5.74) is 0.710. The summed E-state index contributed by atoms with van der Waals surface area (Å²) in [5, 5.41) is 5.61. The van der Waals surface area contributed by atoms with Crippen molar-refractivity contribution in [3.8, 4) is 0 Å². The Kier molecular flexibility index (Phi) is 10.0. The van der Waals surface area contributed by atoms with Crippen molar-refractivity contribution in [1.82, 2.24) is 15.0 Å². The minimum absolute atomic E-state index is 0.104. The van der Waals surface area contributed by atoms with E-state index in [1.54, 1.807) is 17.9 Å². The Morgan fingerprint density at radius 2 is 1.87 bits per heavy atom. The van der Waals surface area contributed by atoms with Gasteiger partial charge >= 0.3 is 0 Å². The predicted octanol–water partition coefficient (Wildman–Crippen LogP) is 4.24. The number of hydrogen-bond acceptors (Lipinski definition) is 5. The highest BCUT2D eigenvalue weighted by Crippen LogP contribution is 2.25. The zero-order valence-corrected chi connectivity index (χ0v) is 19.6. The Bertz CT molecular complexity index is 823. The van der Waals surface area contributed by atoms with Gasteiger partial charge in [0.15, 0.2) is 5.82 Å². The summed E-state index contributed by atoms with van der Waals surface area (Å²) >= 11 is 6.51. The zero-order chi connectivity index (χ0) is 22.8. The van der Waals surface area contributed by atoms with Gasteiger partial charge in [-0.15, -0.1) is 11.6 Å². The first-order chi connectivity index (χ1) is 14.8. The number of aryl methyl sites for hydroxylation is 1. The average Bonchev–Trinajstić information content (AvgIpc) is 3.18. The van der Waals surface area contributed by atoms with Crippen LogP contribution in [0.5, 0.6) is 0 Å². The van der Waals surface area contributed by atoms with E-state index in [4.69, 9.17) is 16.1 Å². The van der Waals surface area contributed by atoms with Gasteiger partial charge in [0, 0.05) is 12.1 Å². The zero-order valence-electron chi connectivity index (χ0n) is 18.8. The van der Waals surface area contributed by atoms with E-state index >= 15 is 0 Å². The van der Waals surface area contributed by atoms with Crippen LogP contribution in [0.2, 0.25) is 0 Å². The van der Waals surface area contributed by atoms with Gasteiger partial charge in [-0.25, -0.2) is 0 Å². The van der Waals surface area contributed by atoms with Gasteiger partial charge in [0.2, 0.25) is 11.8 Å². The quantitative estimate of drug-likeness (QED) is 0.491. The highest BCUT2D eigenvalue weighted by molar-refractivity contribution is 6.30. The Morgan fingerprint density at radius 3 is 2.45 bits per heavy atom. The molecule has 1 aromatic heterocycles. The van der Waals surface area contributed by atoms with Crippen LogP contribution in [0.15, 0.2) is 40.9 Å². The van der Waals surface area contributed by atoms with E-state index in [0.29, 0.717) is 17.1 Å². The van der Waals surface area contributed by atoms with Gasteiger partial charge in [0.05, 0.1) is 0 Å². The highest BCUT2D eigenvalue weighted by Gasteiger charge is 2.29. The Labute approximate surface area is 189 Å². The Morgan fingerprint density at radius 1 is 1.19 bits per heavy atom. The molecule has 0 bridgehead atoms. The first-order valence-electron chi connectivity index (χ1n) is 10.8. The number of benzene rings is 1. The van der Waals surface area contributed by atoms with E-state index in [1.165, 1.54) is 0 Å². The molecule has 0 aliphatic carbocycles. The van der Waals surface area contributed by atoms with Gasteiger partial charge in [-0.05, 0) is 51.9 Å². The maximum absolute atomic E-state index is 13.3. The van der Waals surface area contributed by atoms with Crippen LogP contribution >= 0.6 is 11.6 Å². The number of nitrogens with one attached hydrogen (secondary N) is 1. The third kappa shape index (κ3) is 7.67. The van der Waals surface area contributed by atoms with Crippen LogP contribution in [0.4, 0.5) is 5.82 Å². The summed E-state index contributed by atoms with van der Waals surface area (Å²) in [6.45, 7) is 10.8. The second kappa shape index (κ2) is 12.5. The maximum atomic E-state index is 13.3. The second-order valence-electron chi connectivity index (χ2n) is 7.63. The lowest BCUT2D eigenvalue weighted by molar-refractivity contribution is -0.136. The van der Waals surface area contributed by atoms with E-state index in [1.807, 2.05) is 37.3 Å². The van der Waals surface area contributed by atoms with E-state index in [0.717, 1.165) is 32.5 Å². The molecule has 2 aromatic rings. The smallest absolute Gasteiger partial charge is 0.245 e. The van der Waals surface area contributed by atoms with E-state index in [9.17, 15) is 9.59 Å². The molecule has 2 amide bonds. The molecule has 8 heteroatoms. The van der Waals surface area contributed by atoms with E-state index in [-0.39, 0.29) is 24.4 Å². The van der Waals surface area contributed by atoms with Gasteiger partial charge in [-0.2, -0.15) is 0 Å². The van der Waals surface area contributed by atoms with Crippen molar-refractivity contribution in [3.05, 3.63) is 47.7 Å². The van der Waals surface area contributed by atoms with Crippen molar-refractivity contribution < 1.29 is 14.1 Å². The molecular formula is C23H33ClN4O3. The molecule has 1 N–H and O–H groups in total. The number of rotatable bonds is 12. The monoisotopic (exact) mass is 448 g/mol. The molecule has 1 heterocycles. The van der Waals surface area contributed by atoms with Gasteiger partial charge in [0.1, 0.15) is 17.7 Å². The minimum Gasteiger partial charge on any atom is -0.360 e. The summed E-state index contributed by atoms with van der Waals surface area (Å²) < 4.78 is 4.99. The van der Waals surface area contributed by atoms with Crippen molar-refractivity contribution in [2.75, 3.05) is 31.5 Å². The fourth-order valence-corrected chi connectivity index (χ4v) is 3.70. The van der Waals surface area contributed by atoms with Crippen molar-refractivity contribution in [2.45, 2.75) is 52.0 Å². The topological polar surface area (TPSA) is 78.7 Å². The average molecular weight is 449 g/mol. The number of alkyl halides is 1. The summed E-state index contributed by atoms with van der Waals surface area (Å²) in [7, 11) is 0. The van der Waals surface area contributed by atoms with Gasteiger partial charge < -0.3 is 19.6 Å². The lowest BCUT2D eigenvalue weighted by Crippen LogP contribution is -2.45. The number of halogens is 1. The molecule has 0 fully saturated rings. The predicted molar refractivity (Wildman–Crippen MR) is 123 cm³/mol. The van der Waals surface area contributed by atoms with Crippen LogP contribution in [-0.2, 0) is 9.59 Å². The number of nitrogens with zero attached hydrogens (tertiary/aromatic N) is 3. The van der Waals surface area contributed by atoms with Crippen molar-refractivity contribution in [1.29, 1.82) is 0 Å². The number of carbonyl (C=O) groups excluding carboxylic acids is 2. The Hall–Kier alpha value is -2.38. The lowest BCUT2D eigenvalue weighted by Gasteiger charge is -2.31. The normalized spacial score (nSPS) is 13.1. The largest absolute Gasteiger partial charge is 0.360 e. The molecule has 170 valence electrons. The summed E-state index contributed by atoms with van der Waals surface area (Å²) in [4.78, 5) is 29.8. The standard InChI is InChI=1S/C23H33ClN4O3/c1-5-27(6-2)14-10-11-17(3)28(16-21(29)25-20-15-18(4)31-26-20)23(30)22(24)19-12-8-7-9-13-19/h7-9,12-13,15,17,22H,5-6,10-11,14,16H2,1-4H3,(H,25,26,29). The first kappa shape index (κ1) is 24.9. The van der Waals surface area contributed by atoms with Crippen LogP contribution in [-0.4, -0.2) is 59.0 Å². The molecule has 0 aliphatic rings. The van der Waals surface area contributed by atoms with E-state index in [2.05, 4.69) is 29.2 Å². The number of anilines is 1. The van der Waals surface area contributed by atoms with Crippen LogP contribution < -0.4 is 5.32 Å². The first-order valence-corrected chi connectivity index (χ1v) is 11.2. The third-order valence-electron chi connectivity index (χ3n) is 5.32.